The summed E-state index contributed by atoms with van der Waals surface area (Å²) in [6.45, 7) is 2.50. The fourth-order valence-electron chi connectivity index (χ4n) is 5.65. The highest BCUT2D eigenvalue weighted by Crippen LogP contribution is 2.35. The van der Waals surface area contributed by atoms with Crippen molar-refractivity contribution in [3.05, 3.63) is 35.9 Å². The molecular formula is C23H28F3N5O3. The van der Waals surface area contributed by atoms with E-state index in [1.54, 1.807) is 11.0 Å². The van der Waals surface area contributed by atoms with E-state index in [-0.39, 0.29) is 41.4 Å². The van der Waals surface area contributed by atoms with Gasteiger partial charge in [-0.05, 0) is 43.0 Å². The molecule has 1 aromatic rings. The van der Waals surface area contributed by atoms with E-state index < -0.39 is 6.36 Å². The van der Waals surface area contributed by atoms with Crippen LogP contribution in [0.5, 0.6) is 5.75 Å². The number of hydrazine groups is 2. The maximum absolute atomic E-state index is 13.1. The lowest BCUT2D eigenvalue weighted by molar-refractivity contribution is -0.274. The molecule has 3 saturated heterocycles. The van der Waals surface area contributed by atoms with E-state index in [0.29, 0.717) is 37.8 Å². The van der Waals surface area contributed by atoms with Gasteiger partial charge in [0.05, 0.1) is 0 Å². The van der Waals surface area contributed by atoms with Crippen molar-refractivity contribution in [2.75, 3.05) is 26.2 Å². The van der Waals surface area contributed by atoms with Crippen LogP contribution >= 0.6 is 0 Å². The molecule has 4 fully saturated rings. The second kappa shape index (κ2) is 9.20. The Morgan fingerprint density at radius 2 is 1.71 bits per heavy atom. The molecule has 3 heterocycles. The number of carbonyl (C=O) groups excluding carboxylic acids is 2. The van der Waals surface area contributed by atoms with Crippen molar-refractivity contribution in [1.82, 2.24) is 26.2 Å². The molecule has 184 valence electrons. The molecule has 8 nitrogen and oxygen atoms in total. The Bertz CT molecular complexity index is 957. The topological polar surface area (TPSA) is 85.9 Å². The Labute approximate surface area is 195 Å². The van der Waals surface area contributed by atoms with Gasteiger partial charge in [0.25, 0.3) is 0 Å². The molecule has 2 amide bonds. The second-order valence-electron chi connectivity index (χ2n) is 9.60. The van der Waals surface area contributed by atoms with Crippen LogP contribution < -0.4 is 21.1 Å². The maximum Gasteiger partial charge on any atom is 0.573 e. The van der Waals surface area contributed by atoms with Gasteiger partial charge in [0.2, 0.25) is 11.8 Å². The number of nitrogens with one attached hydrogen (secondary N) is 3. The first kappa shape index (κ1) is 23.1. The number of hydrogen-bond acceptors (Lipinski definition) is 6. The number of alkyl halides is 3. The van der Waals surface area contributed by atoms with Crippen molar-refractivity contribution in [2.45, 2.75) is 37.7 Å². The number of benzene rings is 1. The highest BCUT2D eigenvalue weighted by atomic mass is 19.4. The molecule has 1 saturated carbocycles. The molecule has 1 aliphatic carbocycles. The Balaban J connectivity index is 1.12. The summed E-state index contributed by atoms with van der Waals surface area (Å²) < 4.78 is 41.1. The van der Waals surface area contributed by atoms with Crippen LogP contribution in [0.15, 0.2) is 30.3 Å². The highest BCUT2D eigenvalue weighted by Gasteiger charge is 2.45. The van der Waals surface area contributed by atoms with E-state index in [1.165, 1.54) is 30.4 Å². The third-order valence-corrected chi connectivity index (χ3v) is 7.33. The maximum atomic E-state index is 13.1. The number of carbonyl (C=O) groups is 2. The van der Waals surface area contributed by atoms with Crippen molar-refractivity contribution >= 4 is 17.9 Å². The van der Waals surface area contributed by atoms with Crippen molar-refractivity contribution in [3.63, 3.8) is 0 Å². The van der Waals surface area contributed by atoms with Crippen LogP contribution in [0.25, 0.3) is 6.08 Å². The molecule has 34 heavy (non-hydrogen) atoms. The number of fused-ring (bicyclic) bond motifs is 2. The van der Waals surface area contributed by atoms with Gasteiger partial charge in [-0.1, -0.05) is 12.1 Å². The summed E-state index contributed by atoms with van der Waals surface area (Å²) in [5.74, 6) is 0.267. The van der Waals surface area contributed by atoms with Crippen molar-refractivity contribution in [2.24, 2.45) is 17.8 Å². The molecule has 3 N–H and O–H groups in total. The molecule has 1 aromatic carbocycles. The molecule has 0 radical (unpaired) electrons. The molecule has 0 aromatic heterocycles. The summed E-state index contributed by atoms with van der Waals surface area (Å²) in [4.78, 5) is 29.5. The SMILES string of the molecule is O=C(/C=C/c1cccc(OC(F)(F)F)c1)N1C[C@@H]2CN(C(=O)C3CCC4NNNC4C3)C[C@H]2C1. The average Bonchev–Trinajstić information content (AvgIpc) is 3.50. The predicted octanol–water partition coefficient (Wildman–Crippen LogP) is 1.66. The van der Waals surface area contributed by atoms with Crippen LogP contribution in [0.4, 0.5) is 13.2 Å². The predicted molar refractivity (Wildman–Crippen MR) is 117 cm³/mol. The van der Waals surface area contributed by atoms with E-state index in [1.807, 2.05) is 4.90 Å². The molecule has 5 rings (SSSR count). The Morgan fingerprint density at radius 1 is 1.00 bits per heavy atom. The second-order valence-corrected chi connectivity index (χ2v) is 9.60. The van der Waals surface area contributed by atoms with Crippen molar-refractivity contribution in [1.29, 1.82) is 0 Å². The summed E-state index contributed by atoms with van der Waals surface area (Å²) in [7, 11) is 0. The lowest BCUT2D eigenvalue weighted by atomic mass is 9.82. The van der Waals surface area contributed by atoms with Crippen LogP contribution in [0.3, 0.4) is 0 Å². The summed E-state index contributed by atoms with van der Waals surface area (Å²) in [6.07, 6.45) is 0.773. The minimum Gasteiger partial charge on any atom is -0.406 e. The van der Waals surface area contributed by atoms with Crippen molar-refractivity contribution in [3.8, 4) is 5.75 Å². The van der Waals surface area contributed by atoms with E-state index in [9.17, 15) is 22.8 Å². The molecule has 3 unspecified atom stereocenters. The fraction of sp³-hybridized carbons (Fsp3) is 0.565. The normalized spacial score (nSPS) is 31.1. The molecule has 11 heteroatoms. The number of halogens is 3. The van der Waals surface area contributed by atoms with Gasteiger partial charge in [-0.2, -0.15) is 5.53 Å². The largest absolute Gasteiger partial charge is 0.573 e. The molecule has 5 atom stereocenters. The third-order valence-electron chi connectivity index (χ3n) is 7.33. The first-order valence-electron chi connectivity index (χ1n) is 11.6. The summed E-state index contributed by atoms with van der Waals surface area (Å²) >= 11 is 0. The summed E-state index contributed by atoms with van der Waals surface area (Å²) in [5.41, 5.74) is 9.78. The highest BCUT2D eigenvalue weighted by molar-refractivity contribution is 5.92. The zero-order chi connectivity index (χ0) is 23.9. The Morgan fingerprint density at radius 3 is 2.44 bits per heavy atom. The van der Waals surface area contributed by atoms with Crippen LogP contribution in [0.1, 0.15) is 24.8 Å². The van der Waals surface area contributed by atoms with Gasteiger partial charge in [0.15, 0.2) is 0 Å². The van der Waals surface area contributed by atoms with Gasteiger partial charge in [0, 0.05) is 62.1 Å². The van der Waals surface area contributed by atoms with Crippen LogP contribution in [-0.4, -0.2) is 66.2 Å². The van der Waals surface area contributed by atoms with Gasteiger partial charge in [-0.3, -0.25) is 9.59 Å². The van der Waals surface area contributed by atoms with E-state index in [2.05, 4.69) is 21.1 Å². The smallest absolute Gasteiger partial charge is 0.406 e. The zero-order valence-electron chi connectivity index (χ0n) is 18.6. The first-order valence-corrected chi connectivity index (χ1v) is 11.6. The molecule has 0 bridgehead atoms. The standard InChI is InChI=1S/C23H28F3N5O3/c24-23(25,26)34-18-3-1-2-14(8-18)4-7-21(32)30-10-16-12-31(13-17(16)11-30)22(33)15-5-6-19-20(9-15)28-29-27-19/h1-4,7-8,15-17,19-20,27-29H,5-6,9-13H2/b7-4+/t15?,16-,17-,19?,20?/m1/s1. The number of likely N-dealkylation sites (tertiary alicyclic amines) is 2. The quantitative estimate of drug-likeness (QED) is 0.570. The molecular weight excluding hydrogens is 451 g/mol. The van der Waals surface area contributed by atoms with Gasteiger partial charge in [-0.25, -0.2) is 10.9 Å². The van der Waals surface area contributed by atoms with Crippen LogP contribution in [-0.2, 0) is 9.59 Å². The Hall–Kier alpha value is -2.63. The van der Waals surface area contributed by atoms with E-state index in [4.69, 9.17) is 0 Å². The average molecular weight is 480 g/mol. The number of hydrogen-bond donors (Lipinski definition) is 3. The number of nitrogens with zero attached hydrogens (tertiary/aromatic N) is 2. The number of ether oxygens (including phenoxy) is 1. The minimum absolute atomic E-state index is 0.0343. The van der Waals surface area contributed by atoms with Crippen LogP contribution in [0.2, 0.25) is 0 Å². The third kappa shape index (κ3) is 5.06. The van der Waals surface area contributed by atoms with Gasteiger partial charge >= 0.3 is 6.36 Å². The summed E-state index contributed by atoms with van der Waals surface area (Å²) in [5, 5.41) is 0. The lowest BCUT2D eigenvalue weighted by Gasteiger charge is -2.32. The Kier molecular flexibility index (Phi) is 6.26. The first-order chi connectivity index (χ1) is 16.2. The van der Waals surface area contributed by atoms with E-state index >= 15 is 0 Å². The minimum atomic E-state index is -4.76. The molecule has 0 spiro atoms. The lowest BCUT2D eigenvalue weighted by Crippen LogP contribution is -2.45. The monoisotopic (exact) mass is 479 g/mol. The van der Waals surface area contributed by atoms with Gasteiger partial charge < -0.3 is 14.5 Å². The number of rotatable bonds is 4. The van der Waals surface area contributed by atoms with E-state index in [0.717, 1.165) is 19.3 Å². The molecule has 4 aliphatic rings. The zero-order valence-corrected chi connectivity index (χ0v) is 18.6. The summed E-state index contributed by atoms with van der Waals surface area (Å²) in [6, 6.07) is 6.14. The van der Waals surface area contributed by atoms with Gasteiger partial charge in [-0.15, -0.1) is 13.2 Å². The number of amides is 2. The van der Waals surface area contributed by atoms with Crippen molar-refractivity contribution < 1.29 is 27.5 Å². The fourth-order valence-corrected chi connectivity index (χ4v) is 5.65. The van der Waals surface area contributed by atoms with Crippen LogP contribution in [0, 0.1) is 17.8 Å². The molecule has 3 aliphatic heterocycles. The van der Waals surface area contributed by atoms with Gasteiger partial charge in [0.1, 0.15) is 5.75 Å².